The van der Waals surface area contributed by atoms with Crippen LogP contribution in [-0.2, 0) is 4.74 Å². The van der Waals surface area contributed by atoms with E-state index in [-0.39, 0.29) is 29.1 Å². The summed E-state index contributed by atoms with van der Waals surface area (Å²) in [6.45, 7) is -1.04. The lowest BCUT2D eigenvalue weighted by molar-refractivity contribution is -0.0758. The van der Waals surface area contributed by atoms with Crippen molar-refractivity contribution in [2.45, 2.75) is 18.4 Å². The van der Waals surface area contributed by atoms with Gasteiger partial charge in [-0.05, 0) is 12.1 Å². The van der Waals surface area contributed by atoms with Crippen LogP contribution in [0, 0.1) is 0 Å². The van der Waals surface area contributed by atoms with E-state index >= 15 is 0 Å². The molecule has 2 aliphatic rings. The second kappa shape index (κ2) is 7.17. The molecule has 1 fully saturated rings. The molecule has 1 saturated heterocycles. The summed E-state index contributed by atoms with van der Waals surface area (Å²) in [5.74, 6) is -3.33. The largest absolute Gasteiger partial charge is 0.438 e. The van der Waals surface area contributed by atoms with Crippen molar-refractivity contribution in [3.8, 4) is 11.3 Å². The molecule has 3 N–H and O–H groups in total. The third kappa shape index (κ3) is 3.44. The van der Waals surface area contributed by atoms with Gasteiger partial charge in [-0.25, -0.2) is 27.9 Å². The van der Waals surface area contributed by atoms with Gasteiger partial charge in [-0.15, -0.1) is 5.73 Å². The number of H-pyrrole nitrogens is 2. The van der Waals surface area contributed by atoms with E-state index in [0.717, 1.165) is 0 Å². The summed E-state index contributed by atoms with van der Waals surface area (Å²) >= 11 is 0. The molecule has 0 saturated carbocycles. The number of anilines is 1. The Morgan fingerprint density at radius 3 is 2.91 bits per heavy atom. The number of amides is 1. The maximum absolute atomic E-state index is 14.7. The maximum Gasteiger partial charge on any atom is 0.412 e. The fourth-order valence-corrected chi connectivity index (χ4v) is 3.50. The van der Waals surface area contributed by atoms with Crippen molar-refractivity contribution in [1.29, 1.82) is 0 Å². The summed E-state index contributed by atoms with van der Waals surface area (Å²) in [6, 6.07) is 1.42. The lowest BCUT2D eigenvalue weighted by Gasteiger charge is -2.19. The number of alkyl halides is 2. The van der Waals surface area contributed by atoms with Crippen LogP contribution in [0.1, 0.15) is 6.42 Å². The molecule has 3 aromatic heterocycles. The number of rotatable bonds is 4. The van der Waals surface area contributed by atoms with Gasteiger partial charge in [-0.1, -0.05) is 0 Å². The predicted octanol–water partition coefficient (Wildman–Crippen LogP) is 0.766. The predicted molar refractivity (Wildman–Crippen MR) is 106 cm³/mol. The van der Waals surface area contributed by atoms with E-state index in [1.165, 1.54) is 34.1 Å². The molecule has 0 bridgehead atoms. The molecule has 5 rings (SSSR count). The zero-order valence-electron chi connectivity index (χ0n) is 16.3. The quantitative estimate of drug-likeness (QED) is 0.507. The fraction of sp³-hybridized carbons (Fsp3) is 0.263. The Morgan fingerprint density at radius 1 is 1.38 bits per heavy atom. The summed E-state index contributed by atoms with van der Waals surface area (Å²) < 4.78 is 35.7. The van der Waals surface area contributed by atoms with Crippen LogP contribution in [-0.4, -0.2) is 55.8 Å². The molecule has 11 nitrogen and oxygen atoms in total. The number of nitrogens with zero attached hydrogens (tertiary/aromatic N) is 4. The van der Waals surface area contributed by atoms with Gasteiger partial charge in [0.15, 0.2) is 11.8 Å². The summed E-state index contributed by atoms with van der Waals surface area (Å²) in [5.41, 5.74) is 2.54. The first-order chi connectivity index (χ1) is 15.3. The highest BCUT2D eigenvalue weighted by Gasteiger charge is 2.51. The van der Waals surface area contributed by atoms with Crippen LogP contribution in [0.3, 0.4) is 0 Å². The lowest BCUT2D eigenvalue weighted by atomic mass is 10.2. The first kappa shape index (κ1) is 19.7. The van der Waals surface area contributed by atoms with Crippen molar-refractivity contribution in [2.75, 3.05) is 18.0 Å². The molecule has 0 aromatic carbocycles. The summed E-state index contributed by atoms with van der Waals surface area (Å²) in [4.78, 5) is 45.4. The molecule has 1 aliphatic heterocycles. The molecule has 1 aliphatic carbocycles. The van der Waals surface area contributed by atoms with Crippen LogP contribution in [0.4, 0.5) is 19.3 Å². The number of aromatic amines is 2. The number of imidazole rings is 1. The number of nitrogens with one attached hydrogen (secondary N) is 3. The van der Waals surface area contributed by atoms with E-state index in [9.17, 15) is 23.2 Å². The van der Waals surface area contributed by atoms with E-state index in [1.54, 1.807) is 6.08 Å². The summed E-state index contributed by atoms with van der Waals surface area (Å²) in [7, 11) is 0. The molecular formula is C19H15F2N7O4. The lowest BCUT2D eigenvalue weighted by Crippen LogP contribution is -2.39. The standard InChI is InChI=1S/C19H15F2N7O4/c20-19(21)9-27(8-14(19)32-18(31)24-10-2-1-3-10)13-6-12(26-28-5-4-22-15(13)28)11-7-23-17(30)25-16(11)29/h1,4-7,14H,2,8-9H2,(H,24,31)(H2,23,25,29,30)/t14-/m0/s1. The number of fused-ring (bicyclic) bond motifs is 1. The van der Waals surface area contributed by atoms with Gasteiger partial charge >= 0.3 is 17.7 Å². The van der Waals surface area contributed by atoms with Crippen molar-refractivity contribution in [3.63, 3.8) is 0 Å². The highest BCUT2D eigenvalue weighted by molar-refractivity contribution is 5.75. The van der Waals surface area contributed by atoms with Gasteiger partial charge in [0, 0.05) is 25.0 Å². The maximum atomic E-state index is 14.7. The second-order valence-electron chi connectivity index (χ2n) is 7.29. The molecule has 1 atom stereocenters. The van der Waals surface area contributed by atoms with E-state index in [2.05, 4.69) is 31.1 Å². The average molecular weight is 443 g/mol. The molecule has 1 amide bonds. The topological polar surface area (TPSA) is 137 Å². The van der Waals surface area contributed by atoms with Crippen molar-refractivity contribution < 1.29 is 18.3 Å². The van der Waals surface area contributed by atoms with Crippen LogP contribution in [0.15, 0.2) is 51.8 Å². The smallest absolute Gasteiger partial charge is 0.412 e. The van der Waals surface area contributed by atoms with Crippen LogP contribution < -0.4 is 21.5 Å². The van der Waals surface area contributed by atoms with E-state index < -0.39 is 35.9 Å². The zero-order valence-corrected chi connectivity index (χ0v) is 16.3. The number of carbonyl (C=O) groups is 1. The van der Waals surface area contributed by atoms with Gasteiger partial charge in [-0.2, -0.15) is 5.10 Å². The van der Waals surface area contributed by atoms with E-state index in [1.807, 2.05) is 0 Å². The molecule has 4 heterocycles. The number of aromatic nitrogens is 5. The van der Waals surface area contributed by atoms with Gasteiger partial charge in [0.05, 0.1) is 30.0 Å². The number of alkyl carbamates (subject to hydrolysis) is 1. The molecule has 0 radical (unpaired) electrons. The van der Waals surface area contributed by atoms with Crippen molar-refractivity contribution in [3.05, 3.63) is 63.0 Å². The number of hydrogen-bond acceptors (Lipinski definition) is 7. The summed E-state index contributed by atoms with van der Waals surface area (Å²) in [5, 5.41) is 6.64. The highest BCUT2D eigenvalue weighted by atomic mass is 19.3. The van der Waals surface area contributed by atoms with Crippen LogP contribution in [0.2, 0.25) is 0 Å². The van der Waals surface area contributed by atoms with Crippen LogP contribution >= 0.6 is 0 Å². The van der Waals surface area contributed by atoms with Crippen molar-refractivity contribution in [1.82, 2.24) is 29.9 Å². The number of hydrogen-bond donors (Lipinski definition) is 3. The second-order valence-corrected chi connectivity index (χ2v) is 7.29. The first-order valence-electron chi connectivity index (χ1n) is 9.51. The van der Waals surface area contributed by atoms with Gasteiger partial charge in [0.25, 0.3) is 5.56 Å². The van der Waals surface area contributed by atoms with Crippen LogP contribution in [0.25, 0.3) is 16.9 Å². The van der Waals surface area contributed by atoms with Crippen molar-refractivity contribution in [2.24, 2.45) is 0 Å². The highest BCUT2D eigenvalue weighted by Crippen LogP contribution is 2.35. The first-order valence-corrected chi connectivity index (χ1v) is 9.51. The minimum Gasteiger partial charge on any atom is -0.438 e. The van der Waals surface area contributed by atoms with Gasteiger partial charge in [0.1, 0.15) is 5.69 Å². The Balaban J connectivity index is 1.48. The Kier molecular flexibility index (Phi) is 4.41. The number of carbonyl (C=O) groups excluding carboxylic acids is 1. The Hall–Kier alpha value is -4.25. The Bertz CT molecular complexity index is 1420. The molecule has 0 unspecified atom stereocenters. The molecule has 164 valence electrons. The van der Waals surface area contributed by atoms with Gasteiger partial charge < -0.3 is 14.6 Å². The average Bonchev–Trinajstić information content (AvgIpc) is 3.28. The zero-order chi connectivity index (χ0) is 22.5. The number of ether oxygens (including phenoxy) is 1. The summed E-state index contributed by atoms with van der Waals surface area (Å²) in [6.07, 6.45) is 3.62. The molecule has 32 heavy (non-hydrogen) atoms. The minimum absolute atomic E-state index is 0.0430. The van der Waals surface area contributed by atoms with E-state index in [4.69, 9.17) is 4.74 Å². The SMILES string of the molecule is O=C(NC1=C=CC1)O[C@H]1CN(c2cc(-c3c[nH]c(=O)[nH]c3=O)nn3ccnc23)CC1(F)F. The van der Waals surface area contributed by atoms with Gasteiger partial charge in [-0.3, -0.25) is 15.1 Å². The third-order valence-corrected chi connectivity index (χ3v) is 5.12. The minimum atomic E-state index is -3.33. The van der Waals surface area contributed by atoms with Crippen molar-refractivity contribution >= 4 is 17.4 Å². The Morgan fingerprint density at radius 2 is 2.19 bits per heavy atom. The van der Waals surface area contributed by atoms with E-state index in [0.29, 0.717) is 12.1 Å². The van der Waals surface area contributed by atoms with Gasteiger partial charge in [0.2, 0.25) is 0 Å². The molecular weight excluding hydrogens is 428 g/mol. The normalized spacial score (nSPS) is 19.0. The van der Waals surface area contributed by atoms with Crippen LogP contribution in [0.5, 0.6) is 0 Å². The monoisotopic (exact) mass is 443 g/mol. The molecule has 0 spiro atoms. The third-order valence-electron chi connectivity index (χ3n) is 5.12. The Labute approximate surface area is 177 Å². The number of halogens is 2. The fourth-order valence-electron chi connectivity index (χ4n) is 3.50. The molecule has 13 heteroatoms. The molecule has 3 aromatic rings.